The first kappa shape index (κ1) is 15.6. The van der Waals surface area contributed by atoms with Crippen LogP contribution in [0, 0.1) is 23.2 Å². The van der Waals surface area contributed by atoms with E-state index in [0.717, 1.165) is 19.3 Å². The smallest absolute Gasteiger partial charge is 0.254 e. The Morgan fingerprint density at radius 3 is 2.67 bits per heavy atom. The van der Waals surface area contributed by atoms with Crippen LogP contribution in [0.25, 0.3) is 0 Å². The summed E-state index contributed by atoms with van der Waals surface area (Å²) in [5, 5.41) is 9.60. The lowest BCUT2D eigenvalue weighted by molar-refractivity contribution is -0.200. The van der Waals surface area contributed by atoms with E-state index in [1.54, 1.807) is 4.90 Å². The van der Waals surface area contributed by atoms with Crippen LogP contribution in [-0.4, -0.2) is 42.4 Å². The normalized spacial score (nSPS) is 31.5. The number of likely N-dealkylation sites (tertiary alicyclic amines) is 1. The number of ether oxygens (including phenoxy) is 2. The molecular formula is C19H22N2O3. The molecule has 3 atom stereocenters. The fraction of sp³-hybridized carbons (Fsp3) is 0.579. The molecule has 1 aliphatic carbocycles. The molecule has 1 amide bonds. The van der Waals surface area contributed by atoms with Crippen LogP contribution < -0.4 is 0 Å². The molecule has 0 bridgehead atoms. The largest absolute Gasteiger partial charge is 0.348 e. The highest BCUT2D eigenvalue weighted by atomic mass is 16.7. The molecule has 5 nitrogen and oxygen atoms in total. The Labute approximate surface area is 142 Å². The standard InChI is InChI=1S/C19H22N2O3/c20-12-17-10-16-11-19(23-8-9-24-19)7-6-15(16)13-21(17)18(22)14-4-2-1-3-5-14/h1-5,15-17H,6-11,13H2/t15?,16-,17?/m1/s1. The molecule has 1 saturated carbocycles. The van der Waals surface area contributed by atoms with Gasteiger partial charge in [-0.05, 0) is 36.8 Å². The second kappa shape index (κ2) is 6.19. The molecule has 24 heavy (non-hydrogen) atoms. The molecule has 5 heteroatoms. The first-order valence-electron chi connectivity index (χ1n) is 8.74. The van der Waals surface area contributed by atoms with E-state index >= 15 is 0 Å². The Balaban J connectivity index is 1.51. The number of carbonyl (C=O) groups is 1. The van der Waals surface area contributed by atoms with Crippen molar-refractivity contribution < 1.29 is 14.3 Å². The third-order valence-corrected chi connectivity index (χ3v) is 5.71. The third kappa shape index (κ3) is 2.70. The van der Waals surface area contributed by atoms with Crippen LogP contribution in [0.2, 0.25) is 0 Å². The average Bonchev–Trinajstić information content (AvgIpc) is 3.08. The number of nitriles is 1. The highest BCUT2D eigenvalue weighted by Crippen LogP contribution is 2.46. The van der Waals surface area contributed by atoms with Gasteiger partial charge in [0, 0.05) is 24.9 Å². The minimum absolute atomic E-state index is 0.0331. The summed E-state index contributed by atoms with van der Waals surface area (Å²) in [6, 6.07) is 11.2. The first-order valence-corrected chi connectivity index (χ1v) is 8.74. The number of fused-ring (bicyclic) bond motifs is 1. The van der Waals surface area contributed by atoms with Gasteiger partial charge in [0.2, 0.25) is 0 Å². The second-order valence-electron chi connectivity index (χ2n) is 7.07. The highest BCUT2D eigenvalue weighted by Gasteiger charge is 2.49. The quantitative estimate of drug-likeness (QED) is 0.796. The first-order chi connectivity index (χ1) is 11.7. The van der Waals surface area contributed by atoms with E-state index in [0.29, 0.717) is 43.6 Å². The van der Waals surface area contributed by atoms with Gasteiger partial charge in [0.25, 0.3) is 5.91 Å². The molecule has 2 saturated heterocycles. The van der Waals surface area contributed by atoms with Gasteiger partial charge in [0.15, 0.2) is 5.79 Å². The van der Waals surface area contributed by atoms with E-state index in [9.17, 15) is 10.1 Å². The van der Waals surface area contributed by atoms with Crippen molar-refractivity contribution in [1.29, 1.82) is 5.26 Å². The summed E-state index contributed by atoms with van der Waals surface area (Å²) in [5.41, 5.74) is 0.658. The van der Waals surface area contributed by atoms with Gasteiger partial charge in [-0.2, -0.15) is 5.26 Å². The number of nitrogens with zero attached hydrogens (tertiary/aromatic N) is 2. The predicted molar refractivity (Wildman–Crippen MR) is 87.0 cm³/mol. The van der Waals surface area contributed by atoms with E-state index in [2.05, 4.69) is 6.07 Å². The molecule has 2 aliphatic heterocycles. The molecule has 2 heterocycles. The number of benzene rings is 1. The van der Waals surface area contributed by atoms with Crippen LogP contribution in [0.15, 0.2) is 30.3 Å². The minimum atomic E-state index is -0.424. The molecule has 0 radical (unpaired) electrons. The molecule has 3 fully saturated rings. The second-order valence-corrected chi connectivity index (χ2v) is 7.07. The van der Waals surface area contributed by atoms with E-state index in [4.69, 9.17) is 9.47 Å². The maximum absolute atomic E-state index is 12.8. The summed E-state index contributed by atoms with van der Waals surface area (Å²) in [6.45, 7) is 1.99. The molecule has 126 valence electrons. The third-order valence-electron chi connectivity index (χ3n) is 5.71. The van der Waals surface area contributed by atoms with Gasteiger partial charge < -0.3 is 14.4 Å². The number of hydrogen-bond acceptors (Lipinski definition) is 4. The number of hydrogen-bond donors (Lipinski definition) is 0. The molecule has 1 spiro atoms. The number of rotatable bonds is 1. The van der Waals surface area contributed by atoms with E-state index < -0.39 is 5.79 Å². The van der Waals surface area contributed by atoms with Crippen LogP contribution in [-0.2, 0) is 9.47 Å². The van der Waals surface area contributed by atoms with Crippen molar-refractivity contribution in [1.82, 2.24) is 4.90 Å². The van der Waals surface area contributed by atoms with Gasteiger partial charge in [0.1, 0.15) is 6.04 Å². The fourth-order valence-corrected chi connectivity index (χ4v) is 4.47. The van der Waals surface area contributed by atoms with Crippen molar-refractivity contribution in [2.75, 3.05) is 19.8 Å². The Kier molecular flexibility index (Phi) is 4.03. The van der Waals surface area contributed by atoms with E-state index in [1.165, 1.54) is 0 Å². The summed E-state index contributed by atoms with van der Waals surface area (Å²) in [6.07, 6.45) is 3.44. The SMILES string of the molecule is N#CC1C[C@@H]2CC3(CCC2CN1C(=O)c1ccccc1)OCCO3. The van der Waals surface area contributed by atoms with Crippen LogP contribution >= 0.6 is 0 Å². The van der Waals surface area contributed by atoms with Crippen molar-refractivity contribution in [2.24, 2.45) is 11.8 Å². The lowest BCUT2D eigenvalue weighted by Gasteiger charge is -2.48. The Morgan fingerprint density at radius 1 is 1.21 bits per heavy atom. The van der Waals surface area contributed by atoms with Crippen molar-refractivity contribution in [3.63, 3.8) is 0 Å². The van der Waals surface area contributed by atoms with Crippen molar-refractivity contribution in [3.05, 3.63) is 35.9 Å². The topological polar surface area (TPSA) is 62.6 Å². The van der Waals surface area contributed by atoms with Crippen LogP contribution in [0.1, 0.15) is 36.0 Å². The van der Waals surface area contributed by atoms with E-state index in [-0.39, 0.29) is 11.9 Å². The summed E-state index contributed by atoms with van der Waals surface area (Å²) < 4.78 is 11.7. The number of amides is 1. The lowest BCUT2D eigenvalue weighted by atomic mass is 9.70. The summed E-state index contributed by atoms with van der Waals surface area (Å²) in [5.74, 6) is 0.364. The monoisotopic (exact) mass is 326 g/mol. The summed E-state index contributed by atoms with van der Waals surface area (Å²) in [7, 11) is 0. The lowest BCUT2D eigenvalue weighted by Crippen LogP contribution is -2.53. The molecule has 0 aromatic heterocycles. The zero-order valence-corrected chi connectivity index (χ0v) is 13.7. The zero-order valence-electron chi connectivity index (χ0n) is 13.7. The molecular weight excluding hydrogens is 304 g/mol. The zero-order chi connectivity index (χ0) is 16.6. The highest BCUT2D eigenvalue weighted by molar-refractivity contribution is 5.94. The van der Waals surface area contributed by atoms with Crippen molar-refractivity contribution in [3.8, 4) is 6.07 Å². The van der Waals surface area contributed by atoms with Gasteiger partial charge in [-0.3, -0.25) is 4.79 Å². The van der Waals surface area contributed by atoms with Crippen LogP contribution in [0.4, 0.5) is 0 Å². The van der Waals surface area contributed by atoms with Crippen LogP contribution in [0.3, 0.4) is 0 Å². The summed E-state index contributed by atoms with van der Waals surface area (Å²) in [4.78, 5) is 14.6. The van der Waals surface area contributed by atoms with Crippen LogP contribution in [0.5, 0.6) is 0 Å². The van der Waals surface area contributed by atoms with Crippen molar-refractivity contribution in [2.45, 2.75) is 37.5 Å². The predicted octanol–water partition coefficient (Wildman–Crippen LogP) is 2.58. The minimum Gasteiger partial charge on any atom is -0.348 e. The molecule has 0 N–H and O–H groups in total. The van der Waals surface area contributed by atoms with Gasteiger partial charge in [-0.25, -0.2) is 0 Å². The number of piperidine rings is 1. The maximum atomic E-state index is 12.8. The fourth-order valence-electron chi connectivity index (χ4n) is 4.47. The summed E-state index contributed by atoms with van der Waals surface area (Å²) >= 11 is 0. The van der Waals surface area contributed by atoms with Gasteiger partial charge in [-0.1, -0.05) is 18.2 Å². The number of carbonyl (C=O) groups excluding carboxylic acids is 1. The van der Waals surface area contributed by atoms with E-state index in [1.807, 2.05) is 30.3 Å². The molecule has 4 rings (SSSR count). The Hall–Kier alpha value is -1.90. The van der Waals surface area contributed by atoms with Gasteiger partial charge >= 0.3 is 0 Å². The van der Waals surface area contributed by atoms with Crippen molar-refractivity contribution >= 4 is 5.91 Å². The van der Waals surface area contributed by atoms with Gasteiger partial charge in [-0.15, -0.1) is 0 Å². The average molecular weight is 326 g/mol. The Morgan fingerprint density at radius 2 is 1.96 bits per heavy atom. The maximum Gasteiger partial charge on any atom is 0.254 e. The molecule has 2 unspecified atom stereocenters. The molecule has 3 aliphatic rings. The molecule has 1 aromatic carbocycles. The molecule has 1 aromatic rings. The Bertz CT molecular complexity index is 648. The van der Waals surface area contributed by atoms with Gasteiger partial charge in [0.05, 0.1) is 19.3 Å².